The standard InChI is InChI=1S/C22H24ClF2NO5/c1-4-30-19-13-15(11-16(23)21(19)29-3)6-8-20(27)26-10-9-14-5-7-17(28-2)18(12-14)31-22(24)25/h5-8,11-13,22H,4,9-10H2,1-3H3,(H,26,27)/b8-6+. The van der Waals surface area contributed by atoms with Gasteiger partial charge in [0.25, 0.3) is 0 Å². The molecule has 0 aromatic heterocycles. The number of nitrogens with one attached hydrogen (secondary N) is 1. The van der Waals surface area contributed by atoms with Gasteiger partial charge < -0.3 is 24.3 Å². The summed E-state index contributed by atoms with van der Waals surface area (Å²) in [4.78, 5) is 12.1. The van der Waals surface area contributed by atoms with Gasteiger partial charge in [0.1, 0.15) is 0 Å². The average Bonchev–Trinajstić information content (AvgIpc) is 2.72. The number of halogens is 3. The van der Waals surface area contributed by atoms with Crippen molar-refractivity contribution in [2.45, 2.75) is 20.0 Å². The van der Waals surface area contributed by atoms with Crippen LogP contribution in [-0.2, 0) is 11.2 Å². The molecular formula is C22H24ClF2NO5. The van der Waals surface area contributed by atoms with Gasteiger partial charge in [-0.3, -0.25) is 4.79 Å². The molecular weight excluding hydrogens is 432 g/mol. The van der Waals surface area contributed by atoms with Crippen molar-refractivity contribution in [1.82, 2.24) is 5.32 Å². The molecule has 2 aromatic carbocycles. The molecule has 0 saturated carbocycles. The predicted octanol–water partition coefficient (Wildman–Crippen LogP) is 4.73. The fourth-order valence-electron chi connectivity index (χ4n) is 2.77. The summed E-state index contributed by atoms with van der Waals surface area (Å²) in [6.45, 7) is -0.370. The Hall–Kier alpha value is -3.00. The van der Waals surface area contributed by atoms with Crippen molar-refractivity contribution < 1.29 is 32.5 Å². The molecule has 31 heavy (non-hydrogen) atoms. The zero-order chi connectivity index (χ0) is 22.8. The van der Waals surface area contributed by atoms with E-state index in [2.05, 4.69) is 10.1 Å². The van der Waals surface area contributed by atoms with E-state index in [1.54, 1.807) is 24.3 Å². The topological polar surface area (TPSA) is 66.0 Å². The number of carbonyl (C=O) groups excluding carboxylic acids is 1. The van der Waals surface area contributed by atoms with E-state index in [4.69, 9.17) is 25.8 Å². The van der Waals surface area contributed by atoms with Crippen LogP contribution in [0.1, 0.15) is 18.1 Å². The van der Waals surface area contributed by atoms with Crippen LogP contribution in [0.2, 0.25) is 5.02 Å². The van der Waals surface area contributed by atoms with Gasteiger partial charge in [0, 0.05) is 12.6 Å². The molecule has 0 aliphatic heterocycles. The minimum Gasteiger partial charge on any atom is -0.493 e. The first-order valence-electron chi connectivity index (χ1n) is 9.45. The van der Waals surface area contributed by atoms with Gasteiger partial charge in [-0.05, 0) is 54.8 Å². The minimum absolute atomic E-state index is 0.0530. The highest BCUT2D eigenvalue weighted by Gasteiger charge is 2.12. The Morgan fingerprint density at radius 3 is 2.55 bits per heavy atom. The molecule has 0 radical (unpaired) electrons. The molecule has 0 aliphatic rings. The summed E-state index contributed by atoms with van der Waals surface area (Å²) in [6, 6.07) is 8.10. The van der Waals surface area contributed by atoms with Crippen LogP contribution in [0.5, 0.6) is 23.0 Å². The molecule has 0 fully saturated rings. The van der Waals surface area contributed by atoms with E-state index in [1.807, 2.05) is 6.92 Å². The SMILES string of the molecule is CCOc1cc(/C=C/C(=O)NCCc2ccc(OC)c(OC(F)F)c2)cc(Cl)c1OC. The summed E-state index contributed by atoms with van der Waals surface area (Å²) in [5.74, 6) is 0.754. The van der Waals surface area contributed by atoms with Gasteiger partial charge in [0.2, 0.25) is 5.91 Å². The number of carbonyl (C=O) groups is 1. The van der Waals surface area contributed by atoms with Crippen LogP contribution < -0.4 is 24.3 Å². The third-order valence-electron chi connectivity index (χ3n) is 4.12. The van der Waals surface area contributed by atoms with Gasteiger partial charge in [-0.15, -0.1) is 0 Å². The van der Waals surface area contributed by atoms with E-state index in [0.29, 0.717) is 47.2 Å². The lowest BCUT2D eigenvalue weighted by Gasteiger charge is -2.12. The van der Waals surface area contributed by atoms with Crippen molar-refractivity contribution in [3.63, 3.8) is 0 Å². The van der Waals surface area contributed by atoms with Crippen LogP contribution in [0.4, 0.5) is 8.78 Å². The smallest absolute Gasteiger partial charge is 0.387 e. The Balaban J connectivity index is 1.96. The van der Waals surface area contributed by atoms with Crippen molar-refractivity contribution in [2.75, 3.05) is 27.4 Å². The highest BCUT2D eigenvalue weighted by atomic mass is 35.5. The fraction of sp³-hybridized carbons (Fsp3) is 0.318. The van der Waals surface area contributed by atoms with E-state index in [9.17, 15) is 13.6 Å². The lowest BCUT2D eigenvalue weighted by Crippen LogP contribution is -2.23. The van der Waals surface area contributed by atoms with Gasteiger partial charge in [-0.2, -0.15) is 8.78 Å². The summed E-state index contributed by atoms with van der Waals surface area (Å²) in [5.41, 5.74) is 1.39. The second kappa shape index (κ2) is 12.0. The summed E-state index contributed by atoms with van der Waals surface area (Å²) < 4.78 is 45.2. The highest BCUT2D eigenvalue weighted by molar-refractivity contribution is 6.32. The lowest BCUT2D eigenvalue weighted by molar-refractivity contribution is -0.116. The predicted molar refractivity (Wildman–Crippen MR) is 115 cm³/mol. The maximum absolute atomic E-state index is 12.5. The lowest BCUT2D eigenvalue weighted by atomic mass is 10.1. The van der Waals surface area contributed by atoms with Gasteiger partial charge >= 0.3 is 6.61 Å². The number of hydrogen-bond donors (Lipinski definition) is 1. The number of ether oxygens (including phenoxy) is 4. The Kier molecular flexibility index (Phi) is 9.40. The van der Waals surface area contributed by atoms with E-state index in [0.717, 1.165) is 0 Å². The first kappa shape index (κ1) is 24.3. The average molecular weight is 456 g/mol. The van der Waals surface area contributed by atoms with Crippen molar-refractivity contribution in [3.8, 4) is 23.0 Å². The summed E-state index contributed by atoms with van der Waals surface area (Å²) in [7, 11) is 2.87. The Morgan fingerprint density at radius 1 is 1.13 bits per heavy atom. The molecule has 0 unspecified atom stereocenters. The van der Waals surface area contributed by atoms with Gasteiger partial charge in [0.15, 0.2) is 23.0 Å². The van der Waals surface area contributed by atoms with E-state index in [-0.39, 0.29) is 17.4 Å². The van der Waals surface area contributed by atoms with Crippen LogP contribution in [0.3, 0.4) is 0 Å². The van der Waals surface area contributed by atoms with E-state index in [1.165, 1.54) is 32.4 Å². The summed E-state index contributed by atoms with van der Waals surface area (Å²) >= 11 is 6.20. The quantitative estimate of drug-likeness (QED) is 0.496. The largest absolute Gasteiger partial charge is 0.493 e. The minimum atomic E-state index is -2.95. The van der Waals surface area contributed by atoms with E-state index >= 15 is 0 Å². The zero-order valence-electron chi connectivity index (χ0n) is 17.4. The summed E-state index contributed by atoms with van der Waals surface area (Å²) in [6.07, 6.45) is 3.39. The second-order valence-corrected chi connectivity index (χ2v) is 6.61. The molecule has 0 heterocycles. The van der Waals surface area contributed by atoms with Gasteiger partial charge in [-0.1, -0.05) is 17.7 Å². The Labute approximate surface area is 184 Å². The molecule has 2 rings (SSSR count). The second-order valence-electron chi connectivity index (χ2n) is 6.21. The summed E-state index contributed by atoms with van der Waals surface area (Å²) in [5, 5.41) is 3.10. The van der Waals surface area contributed by atoms with E-state index < -0.39 is 6.61 Å². The first-order chi connectivity index (χ1) is 14.9. The molecule has 0 spiro atoms. The Bertz CT molecular complexity index is 921. The van der Waals surface area contributed by atoms with Crippen molar-refractivity contribution in [2.24, 2.45) is 0 Å². The van der Waals surface area contributed by atoms with Crippen LogP contribution >= 0.6 is 11.6 Å². The van der Waals surface area contributed by atoms with Crippen LogP contribution in [0, 0.1) is 0 Å². The third kappa shape index (κ3) is 7.32. The molecule has 0 atom stereocenters. The van der Waals surface area contributed by atoms with Crippen LogP contribution in [0.15, 0.2) is 36.4 Å². The fourth-order valence-corrected chi connectivity index (χ4v) is 3.07. The zero-order valence-corrected chi connectivity index (χ0v) is 18.2. The first-order valence-corrected chi connectivity index (χ1v) is 9.83. The molecule has 9 heteroatoms. The highest BCUT2D eigenvalue weighted by Crippen LogP contribution is 2.36. The number of hydrogen-bond acceptors (Lipinski definition) is 5. The third-order valence-corrected chi connectivity index (χ3v) is 4.40. The van der Waals surface area contributed by atoms with Gasteiger partial charge in [-0.25, -0.2) is 0 Å². The number of alkyl halides is 2. The molecule has 6 nitrogen and oxygen atoms in total. The number of rotatable bonds is 11. The van der Waals surface area contributed by atoms with Crippen molar-refractivity contribution >= 4 is 23.6 Å². The van der Waals surface area contributed by atoms with Crippen molar-refractivity contribution in [3.05, 3.63) is 52.6 Å². The normalized spacial score (nSPS) is 10.9. The van der Waals surface area contributed by atoms with Crippen LogP contribution in [-0.4, -0.2) is 39.9 Å². The molecule has 2 aromatic rings. The molecule has 0 saturated heterocycles. The Morgan fingerprint density at radius 2 is 1.90 bits per heavy atom. The number of benzene rings is 2. The molecule has 0 aliphatic carbocycles. The molecule has 1 N–H and O–H groups in total. The van der Waals surface area contributed by atoms with Crippen molar-refractivity contribution in [1.29, 1.82) is 0 Å². The van der Waals surface area contributed by atoms with Crippen LogP contribution in [0.25, 0.3) is 6.08 Å². The molecule has 1 amide bonds. The maximum Gasteiger partial charge on any atom is 0.387 e. The number of amides is 1. The molecule has 168 valence electrons. The number of methoxy groups -OCH3 is 2. The monoisotopic (exact) mass is 455 g/mol. The van der Waals surface area contributed by atoms with Gasteiger partial charge in [0.05, 0.1) is 25.8 Å². The maximum atomic E-state index is 12.5. The molecule has 0 bridgehead atoms.